The minimum absolute atomic E-state index is 0.145. The van der Waals surface area contributed by atoms with Crippen LogP contribution in [0.2, 0.25) is 0 Å². The van der Waals surface area contributed by atoms with Gasteiger partial charge in [0.15, 0.2) is 0 Å². The molecule has 0 aromatic carbocycles. The zero-order chi connectivity index (χ0) is 14.3. The molecule has 1 N–H and O–H groups in total. The van der Waals surface area contributed by atoms with E-state index >= 15 is 0 Å². The van der Waals surface area contributed by atoms with Crippen LogP contribution in [-0.4, -0.2) is 40.2 Å². The first kappa shape index (κ1) is 15.7. The molecule has 1 amide bonds. The van der Waals surface area contributed by atoms with Gasteiger partial charge in [-0.05, 0) is 33.3 Å². The van der Waals surface area contributed by atoms with Crippen molar-refractivity contribution in [1.29, 1.82) is 0 Å². The molecule has 0 radical (unpaired) electrons. The molecule has 19 heavy (non-hydrogen) atoms. The number of likely N-dealkylation sites (N-methyl/N-ethyl adjacent to an activating group) is 1. The number of carbonyl (C=O) groups is 1. The van der Waals surface area contributed by atoms with E-state index in [1.807, 2.05) is 35.7 Å². The predicted octanol–water partition coefficient (Wildman–Crippen LogP) is 1.81. The summed E-state index contributed by atoms with van der Waals surface area (Å²) in [5, 5.41) is 7.65. The lowest BCUT2D eigenvalue weighted by molar-refractivity contribution is -0.129. The van der Waals surface area contributed by atoms with E-state index in [0.717, 1.165) is 25.2 Å². The van der Waals surface area contributed by atoms with E-state index in [9.17, 15) is 4.79 Å². The quantitative estimate of drug-likeness (QED) is 0.780. The normalized spacial score (nSPS) is 12.4. The van der Waals surface area contributed by atoms with Crippen molar-refractivity contribution in [1.82, 2.24) is 20.0 Å². The summed E-state index contributed by atoms with van der Waals surface area (Å²) in [6.45, 7) is 10.8. The van der Waals surface area contributed by atoms with E-state index < -0.39 is 0 Å². The lowest BCUT2D eigenvalue weighted by Gasteiger charge is -2.18. The molecule has 1 aromatic heterocycles. The van der Waals surface area contributed by atoms with E-state index in [1.165, 1.54) is 0 Å². The van der Waals surface area contributed by atoms with Gasteiger partial charge in [-0.15, -0.1) is 0 Å². The van der Waals surface area contributed by atoms with Crippen LogP contribution in [0.15, 0.2) is 12.3 Å². The van der Waals surface area contributed by atoms with Crippen molar-refractivity contribution in [3.63, 3.8) is 0 Å². The van der Waals surface area contributed by atoms with Gasteiger partial charge in [-0.2, -0.15) is 5.10 Å². The van der Waals surface area contributed by atoms with Crippen molar-refractivity contribution in [2.45, 2.75) is 46.7 Å². The Morgan fingerprint density at radius 1 is 1.42 bits per heavy atom. The molecule has 5 heteroatoms. The number of carbonyl (C=O) groups excluding carboxylic acids is 1. The van der Waals surface area contributed by atoms with Crippen LogP contribution in [0.4, 0.5) is 0 Å². The molecule has 0 aliphatic heterocycles. The van der Waals surface area contributed by atoms with Gasteiger partial charge in [0, 0.05) is 31.9 Å². The number of aromatic nitrogens is 2. The van der Waals surface area contributed by atoms with Crippen molar-refractivity contribution >= 4 is 5.91 Å². The molecule has 0 saturated heterocycles. The summed E-state index contributed by atoms with van der Waals surface area (Å²) in [6, 6.07) is 2.42. The molecule has 0 spiro atoms. The number of hydrogen-bond acceptors (Lipinski definition) is 3. The molecule has 0 saturated carbocycles. The van der Waals surface area contributed by atoms with E-state index in [0.29, 0.717) is 19.1 Å². The van der Waals surface area contributed by atoms with Crippen molar-refractivity contribution in [2.24, 2.45) is 0 Å². The topological polar surface area (TPSA) is 50.2 Å². The third-order valence-corrected chi connectivity index (χ3v) is 3.40. The highest BCUT2D eigenvalue weighted by Crippen LogP contribution is 2.08. The van der Waals surface area contributed by atoms with Crippen LogP contribution in [0.25, 0.3) is 0 Å². The third-order valence-electron chi connectivity index (χ3n) is 3.40. The highest BCUT2D eigenvalue weighted by Gasteiger charge is 2.09. The van der Waals surface area contributed by atoms with Gasteiger partial charge in [0.05, 0.1) is 12.2 Å². The minimum Gasteiger partial charge on any atom is -0.342 e. The van der Waals surface area contributed by atoms with Gasteiger partial charge >= 0.3 is 0 Å². The van der Waals surface area contributed by atoms with E-state index in [-0.39, 0.29) is 5.91 Å². The molecule has 0 aliphatic rings. The Labute approximate surface area is 116 Å². The summed E-state index contributed by atoms with van der Waals surface area (Å²) < 4.78 is 1.98. The Morgan fingerprint density at radius 3 is 2.68 bits per heavy atom. The highest BCUT2D eigenvalue weighted by atomic mass is 16.2. The maximum Gasteiger partial charge on any atom is 0.236 e. The number of nitrogens with one attached hydrogen (secondary N) is 1. The first-order valence-electron chi connectivity index (χ1n) is 7.14. The van der Waals surface area contributed by atoms with Crippen LogP contribution >= 0.6 is 0 Å². The van der Waals surface area contributed by atoms with Crippen LogP contribution in [-0.2, 0) is 11.3 Å². The summed E-state index contributed by atoms with van der Waals surface area (Å²) in [5.74, 6) is 0.145. The Morgan fingerprint density at radius 2 is 2.11 bits per heavy atom. The molecule has 1 rings (SSSR count). The van der Waals surface area contributed by atoms with Gasteiger partial charge < -0.3 is 10.2 Å². The van der Waals surface area contributed by atoms with Crippen molar-refractivity contribution < 1.29 is 4.79 Å². The van der Waals surface area contributed by atoms with Crippen molar-refractivity contribution in [3.05, 3.63) is 18.0 Å². The minimum atomic E-state index is 0.145. The van der Waals surface area contributed by atoms with Gasteiger partial charge in [0.25, 0.3) is 0 Å². The zero-order valence-electron chi connectivity index (χ0n) is 12.5. The number of nitrogens with zero attached hydrogens (tertiary/aromatic N) is 3. The van der Waals surface area contributed by atoms with Gasteiger partial charge in [-0.1, -0.05) is 6.92 Å². The Bertz CT molecular complexity index is 385. The second-order valence-corrected chi connectivity index (χ2v) is 4.71. The third kappa shape index (κ3) is 4.67. The van der Waals surface area contributed by atoms with Crippen LogP contribution in [0, 0.1) is 0 Å². The molecule has 0 aliphatic carbocycles. The predicted molar refractivity (Wildman–Crippen MR) is 76.9 cm³/mol. The molecular formula is C14H26N4O. The van der Waals surface area contributed by atoms with Gasteiger partial charge in [-0.25, -0.2) is 0 Å². The molecule has 0 fully saturated rings. The first-order chi connectivity index (χ1) is 9.12. The molecule has 0 bridgehead atoms. The summed E-state index contributed by atoms with van der Waals surface area (Å²) >= 11 is 0. The SMILES string of the molecule is CCC(C)n1ccc(CNCC(=O)N(CC)CC)n1. The molecule has 1 atom stereocenters. The van der Waals surface area contributed by atoms with Crippen LogP contribution in [0.5, 0.6) is 0 Å². The largest absolute Gasteiger partial charge is 0.342 e. The van der Waals surface area contributed by atoms with Crippen molar-refractivity contribution in [3.8, 4) is 0 Å². The smallest absolute Gasteiger partial charge is 0.236 e. The molecule has 1 unspecified atom stereocenters. The number of rotatable bonds is 8. The fourth-order valence-electron chi connectivity index (χ4n) is 1.89. The fraction of sp³-hybridized carbons (Fsp3) is 0.714. The molecule has 5 nitrogen and oxygen atoms in total. The maximum atomic E-state index is 11.8. The first-order valence-corrected chi connectivity index (χ1v) is 7.14. The second kappa shape index (κ2) is 7.94. The number of amides is 1. The zero-order valence-corrected chi connectivity index (χ0v) is 12.5. The molecule has 1 aromatic rings. The molecule has 1 heterocycles. The molecular weight excluding hydrogens is 240 g/mol. The van der Waals surface area contributed by atoms with Crippen molar-refractivity contribution in [2.75, 3.05) is 19.6 Å². The molecule has 108 valence electrons. The van der Waals surface area contributed by atoms with E-state index in [2.05, 4.69) is 24.3 Å². The fourth-order valence-corrected chi connectivity index (χ4v) is 1.89. The lowest BCUT2D eigenvalue weighted by atomic mass is 10.3. The Kier molecular flexibility index (Phi) is 6.56. The Balaban J connectivity index is 2.37. The second-order valence-electron chi connectivity index (χ2n) is 4.71. The summed E-state index contributed by atoms with van der Waals surface area (Å²) in [6.07, 6.45) is 3.06. The highest BCUT2D eigenvalue weighted by molar-refractivity contribution is 5.78. The van der Waals surface area contributed by atoms with Gasteiger partial charge in [0.1, 0.15) is 0 Å². The van der Waals surface area contributed by atoms with E-state index in [4.69, 9.17) is 0 Å². The van der Waals surface area contributed by atoms with Crippen LogP contribution in [0.1, 0.15) is 45.9 Å². The Hall–Kier alpha value is -1.36. The lowest BCUT2D eigenvalue weighted by Crippen LogP contribution is -2.37. The standard InChI is InChI=1S/C14H26N4O/c1-5-12(4)18-9-8-13(16-18)10-15-11-14(19)17(6-2)7-3/h8-9,12,15H,5-7,10-11H2,1-4H3. The summed E-state index contributed by atoms with van der Waals surface area (Å²) in [7, 11) is 0. The maximum absolute atomic E-state index is 11.8. The van der Waals surface area contributed by atoms with Gasteiger partial charge in [0.2, 0.25) is 5.91 Å². The van der Waals surface area contributed by atoms with E-state index in [1.54, 1.807) is 0 Å². The average molecular weight is 266 g/mol. The van der Waals surface area contributed by atoms with Crippen LogP contribution in [0.3, 0.4) is 0 Å². The average Bonchev–Trinajstić information content (AvgIpc) is 2.88. The number of hydrogen-bond donors (Lipinski definition) is 1. The summed E-state index contributed by atoms with van der Waals surface area (Å²) in [5.41, 5.74) is 0.979. The monoisotopic (exact) mass is 266 g/mol. The van der Waals surface area contributed by atoms with Gasteiger partial charge in [-0.3, -0.25) is 9.48 Å². The van der Waals surface area contributed by atoms with Crippen LogP contribution < -0.4 is 5.32 Å². The summed E-state index contributed by atoms with van der Waals surface area (Å²) in [4.78, 5) is 13.6.